The maximum Gasteiger partial charge on any atom is 0.254 e. The predicted molar refractivity (Wildman–Crippen MR) is 97.9 cm³/mol. The summed E-state index contributed by atoms with van der Waals surface area (Å²) in [4.78, 5) is 19.2. The van der Waals surface area contributed by atoms with Crippen LogP contribution >= 0.6 is 11.6 Å². The van der Waals surface area contributed by atoms with Gasteiger partial charge in [-0.25, -0.2) is 9.38 Å². The lowest BCUT2D eigenvalue weighted by Crippen LogP contribution is -2.51. The number of nitrogens with one attached hydrogen (secondary N) is 1. The van der Waals surface area contributed by atoms with Crippen molar-refractivity contribution in [2.24, 2.45) is 10.7 Å². The average Bonchev–Trinajstić information content (AvgIpc) is 2.86. The summed E-state index contributed by atoms with van der Waals surface area (Å²) in [5, 5.41) is 3.93. The van der Waals surface area contributed by atoms with Crippen LogP contribution in [0.25, 0.3) is 0 Å². The van der Waals surface area contributed by atoms with Crippen molar-refractivity contribution in [1.82, 2.24) is 4.90 Å². The van der Waals surface area contributed by atoms with E-state index in [1.807, 2.05) is 17.0 Å². The zero-order valence-corrected chi connectivity index (χ0v) is 14.6. The van der Waals surface area contributed by atoms with Gasteiger partial charge in [0.05, 0.1) is 11.6 Å². The number of piperidine rings is 1. The summed E-state index contributed by atoms with van der Waals surface area (Å²) in [7, 11) is 0. The molecule has 132 valence electrons. The number of hydrogen-bond acceptors (Lipinski definition) is 4. The largest absolute Gasteiger partial charge is 0.383 e. The van der Waals surface area contributed by atoms with Crippen LogP contribution in [0.15, 0.2) is 41.4 Å². The van der Waals surface area contributed by atoms with Crippen LogP contribution in [0, 0.1) is 5.82 Å². The number of fused-ring (bicyclic) bond motifs is 4. The van der Waals surface area contributed by atoms with Gasteiger partial charge in [-0.3, -0.25) is 4.79 Å². The van der Waals surface area contributed by atoms with Gasteiger partial charge in [0, 0.05) is 35.7 Å². The number of hydrogen-bond donors (Lipinski definition) is 2. The molecule has 3 heterocycles. The van der Waals surface area contributed by atoms with Gasteiger partial charge in [-0.2, -0.15) is 0 Å². The number of carbonyl (C=O) groups is 1. The van der Waals surface area contributed by atoms with Gasteiger partial charge in [0.2, 0.25) is 0 Å². The Morgan fingerprint density at radius 3 is 3.04 bits per heavy atom. The number of halogens is 2. The van der Waals surface area contributed by atoms with E-state index in [4.69, 9.17) is 17.3 Å². The van der Waals surface area contributed by atoms with Gasteiger partial charge >= 0.3 is 0 Å². The quantitative estimate of drug-likeness (QED) is 0.747. The fraction of sp³-hybridized carbons (Fsp3) is 0.263. The highest BCUT2D eigenvalue weighted by Crippen LogP contribution is 2.47. The third-order valence-electron chi connectivity index (χ3n) is 5.51. The molecule has 2 aromatic rings. The first-order valence-electron chi connectivity index (χ1n) is 8.50. The third kappa shape index (κ3) is 2.08. The molecule has 1 fully saturated rings. The molecule has 1 amide bonds. The Bertz CT molecular complexity index is 991. The third-order valence-corrected chi connectivity index (χ3v) is 5.75. The fourth-order valence-corrected chi connectivity index (χ4v) is 4.51. The Kier molecular flexibility index (Phi) is 3.13. The second-order valence-electron chi connectivity index (χ2n) is 7.02. The van der Waals surface area contributed by atoms with E-state index in [-0.39, 0.29) is 23.6 Å². The van der Waals surface area contributed by atoms with Crippen molar-refractivity contribution >= 4 is 29.0 Å². The molecule has 7 heteroatoms. The summed E-state index contributed by atoms with van der Waals surface area (Å²) < 4.78 is 14.1. The van der Waals surface area contributed by atoms with Crippen LogP contribution in [-0.4, -0.2) is 28.9 Å². The number of amidine groups is 1. The number of nitrogens with zero attached hydrogens (tertiary/aromatic N) is 2. The van der Waals surface area contributed by atoms with Crippen molar-refractivity contribution in [2.45, 2.75) is 24.5 Å². The number of carbonyl (C=O) groups excluding carboxylic acids is 1. The Morgan fingerprint density at radius 2 is 2.19 bits per heavy atom. The van der Waals surface area contributed by atoms with Crippen molar-refractivity contribution in [3.63, 3.8) is 0 Å². The highest BCUT2D eigenvalue weighted by molar-refractivity contribution is 6.31. The molecule has 3 aliphatic rings. The average molecular weight is 371 g/mol. The lowest BCUT2D eigenvalue weighted by atomic mass is 9.87. The van der Waals surface area contributed by atoms with Crippen LogP contribution in [0.1, 0.15) is 40.4 Å². The molecule has 5 rings (SSSR count). The van der Waals surface area contributed by atoms with Crippen molar-refractivity contribution in [2.75, 3.05) is 11.9 Å². The van der Waals surface area contributed by atoms with Crippen LogP contribution in [-0.2, 0) is 0 Å². The summed E-state index contributed by atoms with van der Waals surface area (Å²) in [6.07, 6.45) is 1.18. The topological polar surface area (TPSA) is 70.7 Å². The maximum atomic E-state index is 14.1. The van der Waals surface area contributed by atoms with Gasteiger partial charge in [0.15, 0.2) is 0 Å². The molecular weight excluding hydrogens is 355 g/mol. The summed E-state index contributed by atoms with van der Waals surface area (Å²) in [6, 6.07) is 10.2. The summed E-state index contributed by atoms with van der Waals surface area (Å²) in [5.41, 5.74) is 8.03. The molecule has 0 aromatic heterocycles. The summed E-state index contributed by atoms with van der Waals surface area (Å²) in [6.45, 7) is 0.546. The lowest BCUT2D eigenvalue weighted by Gasteiger charge is -2.44. The number of nitrogens with two attached hydrogens (primary N) is 1. The first-order valence-corrected chi connectivity index (χ1v) is 8.88. The number of aliphatic imine (C=N–C) groups is 1. The lowest BCUT2D eigenvalue weighted by molar-refractivity contribution is 0.0606. The molecule has 3 aliphatic heterocycles. The zero-order chi connectivity index (χ0) is 18.1. The van der Waals surface area contributed by atoms with Crippen LogP contribution < -0.4 is 11.1 Å². The molecule has 5 nitrogen and oxygen atoms in total. The first-order chi connectivity index (χ1) is 12.5. The van der Waals surface area contributed by atoms with E-state index in [1.54, 1.807) is 18.2 Å². The minimum atomic E-state index is -0.645. The van der Waals surface area contributed by atoms with Crippen molar-refractivity contribution in [3.05, 3.63) is 63.9 Å². The van der Waals surface area contributed by atoms with E-state index < -0.39 is 5.66 Å². The van der Waals surface area contributed by atoms with Gasteiger partial charge in [0.25, 0.3) is 5.91 Å². The van der Waals surface area contributed by atoms with Gasteiger partial charge in [-0.05, 0) is 29.8 Å². The Morgan fingerprint density at radius 1 is 1.35 bits per heavy atom. The van der Waals surface area contributed by atoms with Crippen LogP contribution in [0.4, 0.5) is 10.1 Å². The second-order valence-corrected chi connectivity index (χ2v) is 7.45. The van der Waals surface area contributed by atoms with Crippen LogP contribution in [0.3, 0.4) is 0 Å². The molecule has 1 spiro atoms. The Labute approximate surface area is 154 Å². The van der Waals surface area contributed by atoms with E-state index in [0.29, 0.717) is 41.2 Å². The Hall–Kier alpha value is -2.60. The van der Waals surface area contributed by atoms with E-state index in [0.717, 1.165) is 5.56 Å². The van der Waals surface area contributed by atoms with E-state index in [1.165, 1.54) is 6.07 Å². The second kappa shape index (κ2) is 5.20. The van der Waals surface area contributed by atoms with Crippen LogP contribution in [0.2, 0.25) is 5.02 Å². The van der Waals surface area contributed by atoms with E-state index in [2.05, 4.69) is 10.3 Å². The highest BCUT2D eigenvalue weighted by Gasteiger charge is 2.48. The number of anilines is 1. The number of benzene rings is 2. The molecule has 0 unspecified atom stereocenters. The molecule has 1 saturated heterocycles. The Balaban J connectivity index is 1.56. The molecule has 2 atom stereocenters. The van der Waals surface area contributed by atoms with Crippen LogP contribution in [0.5, 0.6) is 0 Å². The predicted octanol–water partition coefficient (Wildman–Crippen LogP) is 3.30. The molecule has 0 radical (unpaired) electrons. The minimum Gasteiger partial charge on any atom is -0.383 e. The number of rotatable bonds is 0. The van der Waals surface area contributed by atoms with Gasteiger partial charge in [-0.15, -0.1) is 0 Å². The van der Waals surface area contributed by atoms with Crippen molar-refractivity contribution < 1.29 is 9.18 Å². The smallest absolute Gasteiger partial charge is 0.254 e. The van der Waals surface area contributed by atoms with Gasteiger partial charge < -0.3 is 16.0 Å². The molecular formula is C19H16ClFN4O. The normalized spacial score (nSPS) is 26.1. The molecule has 0 saturated carbocycles. The highest BCUT2D eigenvalue weighted by atomic mass is 35.5. The van der Waals surface area contributed by atoms with E-state index >= 15 is 0 Å². The SMILES string of the molecule is NC1=N[C@@]2(CCN3C(=O)c4cc(Cl)ccc4[C@@H]3C2)Nc2cccc(F)c21. The summed E-state index contributed by atoms with van der Waals surface area (Å²) in [5.74, 6) is -0.188. The van der Waals surface area contributed by atoms with Crippen molar-refractivity contribution in [3.8, 4) is 0 Å². The van der Waals surface area contributed by atoms with Gasteiger partial charge in [0.1, 0.15) is 17.3 Å². The monoisotopic (exact) mass is 370 g/mol. The fourth-order valence-electron chi connectivity index (χ4n) is 4.34. The molecule has 2 aromatic carbocycles. The zero-order valence-electron chi connectivity index (χ0n) is 13.8. The molecule has 0 bridgehead atoms. The van der Waals surface area contributed by atoms with Crippen molar-refractivity contribution in [1.29, 1.82) is 0 Å². The minimum absolute atomic E-state index is 0.00144. The maximum absolute atomic E-state index is 14.1. The summed E-state index contributed by atoms with van der Waals surface area (Å²) >= 11 is 6.06. The standard InChI is InChI=1S/C19H16ClFN4O/c20-10-4-5-11-12(8-10)18(26)25-7-6-19(9-15(11)25)23-14-3-1-2-13(21)16(14)17(22)24-19/h1-5,8,15,23H,6-7,9H2,(H2,22,24)/t15-,19+/m0/s1. The van der Waals surface area contributed by atoms with E-state index in [9.17, 15) is 9.18 Å². The first kappa shape index (κ1) is 15.6. The van der Waals surface area contributed by atoms with Gasteiger partial charge in [-0.1, -0.05) is 23.7 Å². The molecule has 26 heavy (non-hydrogen) atoms. The molecule has 3 N–H and O–H groups in total. The number of amides is 1. The molecule has 0 aliphatic carbocycles.